The molecule has 0 atom stereocenters. The van der Waals surface area contributed by atoms with Crippen molar-refractivity contribution >= 4 is 17.5 Å². The third-order valence-electron chi connectivity index (χ3n) is 2.21. The zero-order valence-corrected chi connectivity index (χ0v) is 9.16. The van der Waals surface area contributed by atoms with E-state index >= 15 is 0 Å². The normalized spacial score (nSPS) is 9.50. The average molecular weight is 240 g/mol. The van der Waals surface area contributed by atoms with Crippen molar-refractivity contribution in [2.45, 2.75) is 0 Å². The summed E-state index contributed by atoms with van der Waals surface area (Å²) in [5.74, 6) is -0.721. The molecule has 0 bridgehead atoms. The number of hydrogen-bond acceptors (Lipinski definition) is 5. The van der Waals surface area contributed by atoms with Crippen LogP contribution in [0.1, 0.15) is 15.9 Å². The zero-order chi connectivity index (χ0) is 13.0. The van der Waals surface area contributed by atoms with Crippen LogP contribution in [0.5, 0.6) is 0 Å². The highest BCUT2D eigenvalue weighted by Crippen LogP contribution is 2.18. The fraction of sp³-hybridized carbons (Fsp3) is 0. The van der Waals surface area contributed by atoms with Crippen LogP contribution in [0.4, 0.5) is 11.5 Å². The van der Waals surface area contributed by atoms with Crippen molar-refractivity contribution < 1.29 is 9.90 Å². The molecule has 0 saturated carbocycles. The summed E-state index contributed by atoms with van der Waals surface area (Å²) in [7, 11) is 0. The van der Waals surface area contributed by atoms with E-state index in [-0.39, 0.29) is 5.56 Å². The Kier molecular flexibility index (Phi) is 3.16. The summed E-state index contributed by atoms with van der Waals surface area (Å²) in [6.45, 7) is 0. The second-order valence-electron chi connectivity index (χ2n) is 3.42. The Morgan fingerprint density at radius 1 is 1.39 bits per heavy atom. The van der Waals surface area contributed by atoms with Gasteiger partial charge in [0, 0.05) is 5.69 Å². The van der Waals surface area contributed by atoms with Crippen LogP contribution in [0.15, 0.2) is 36.5 Å². The molecule has 2 aromatic rings. The minimum absolute atomic E-state index is 0.155. The van der Waals surface area contributed by atoms with E-state index in [1.54, 1.807) is 12.1 Å². The van der Waals surface area contributed by atoms with Crippen LogP contribution in [-0.4, -0.2) is 21.3 Å². The van der Waals surface area contributed by atoms with E-state index in [2.05, 4.69) is 15.5 Å². The highest BCUT2D eigenvalue weighted by molar-refractivity contribution is 5.89. The van der Waals surface area contributed by atoms with Crippen LogP contribution in [0.2, 0.25) is 0 Å². The number of benzene rings is 1. The van der Waals surface area contributed by atoms with Crippen LogP contribution in [-0.2, 0) is 0 Å². The first-order chi connectivity index (χ1) is 8.70. The number of hydrogen-bond donors (Lipinski definition) is 2. The van der Waals surface area contributed by atoms with E-state index in [1.807, 2.05) is 6.07 Å². The molecule has 6 heteroatoms. The van der Waals surface area contributed by atoms with Gasteiger partial charge in [-0.1, -0.05) is 6.07 Å². The fourth-order valence-corrected chi connectivity index (χ4v) is 1.38. The summed E-state index contributed by atoms with van der Waals surface area (Å²) in [5.41, 5.74) is 1.03. The van der Waals surface area contributed by atoms with E-state index in [4.69, 9.17) is 10.4 Å². The zero-order valence-electron chi connectivity index (χ0n) is 9.16. The second kappa shape index (κ2) is 4.93. The van der Waals surface area contributed by atoms with Gasteiger partial charge in [0.1, 0.15) is 6.07 Å². The quantitative estimate of drug-likeness (QED) is 0.848. The lowest BCUT2D eigenvalue weighted by Gasteiger charge is -2.06. The van der Waals surface area contributed by atoms with Gasteiger partial charge in [-0.2, -0.15) is 10.4 Å². The molecule has 2 rings (SSSR count). The largest absolute Gasteiger partial charge is 0.478 e. The van der Waals surface area contributed by atoms with Gasteiger partial charge >= 0.3 is 5.97 Å². The Bertz CT molecular complexity index is 634. The molecule has 0 fully saturated rings. The molecule has 1 heterocycles. The van der Waals surface area contributed by atoms with Crippen molar-refractivity contribution in [3.63, 3.8) is 0 Å². The number of carboxylic acids is 1. The van der Waals surface area contributed by atoms with Crippen molar-refractivity contribution in [3.05, 3.63) is 47.7 Å². The highest BCUT2D eigenvalue weighted by Gasteiger charge is 2.06. The van der Waals surface area contributed by atoms with E-state index in [1.165, 1.54) is 24.4 Å². The monoisotopic (exact) mass is 240 g/mol. The summed E-state index contributed by atoms with van der Waals surface area (Å²) >= 11 is 0. The molecule has 0 radical (unpaired) electrons. The maximum atomic E-state index is 10.8. The summed E-state index contributed by atoms with van der Waals surface area (Å²) in [5, 5.41) is 28.1. The van der Waals surface area contributed by atoms with E-state index in [9.17, 15) is 4.79 Å². The van der Waals surface area contributed by atoms with Crippen molar-refractivity contribution in [2.75, 3.05) is 5.32 Å². The first-order valence-electron chi connectivity index (χ1n) is 5.03. The maximum Gasteiger partial charge on any atom is 0.335 e. The highest BCUT2D eigenvalue weighted by atomic mass is 16.4. The molecule has 0 saturated heterocycles. The molecule has 2 N–H and O–H groups in total. The lowest BCUT2D eigenvalue weighted by molar-refractivity contribution is 0.0697. The number of nitrogens with zero attached hydrogens (tertiary/aromatic N) is 3. The summed E-state index contributed by atoms with van der Waals surface area (Å²) in [6, 6.07) is 9.72. The standard InChI is InChI=1S/C12H8N4O2/c13-7-9-4-5-14-16-11(9)15-10-3-1-2-8(6-10)12(17)18/h1-6H,(H,15,16)(H,17,18). The van der Waals surface area contributed by atoms with E-state index in [0.717, 1.165) is 0 Å². The van der Waals surface area contributed by atoms with Crippen LogP contribution >= 0.6 is 0 Å². The third kappa shape index (κ3) is 2.41. The first-order valence-corrected chi connectivity index (χ1v) is 5.03. The average Bonchev–Trinajstić information content (AvgIpc) is 2.39. The number of aromatic carboxylic acids is 1. The van der Waals surface area contributed by atoms with Crippen molar-refractivity contribution in [1.29, 1.82) is 5.26 Å². The molecular formula is C12H8N4O2. The maximum absolute atomic E-state index is 10.8. The van der Waals surface area contributed by atoms with Gasteiger partial charge in [0.25, 0.3) is 0 Å². The predicted molar refractivity (Wildman–Crippen MR) is 63.4 cm³/mol. The SMILES string of the molecule is N#Cc1ccnnc1Nc1cccc(C(=O)O)c1. The lowest BCUT2D eigenvalue weighted by atomic mass is 10.2. The molecule has 88 valence electrons. The van der Waals surface area contributed by atoms with E-state index < -0.39 is 5.97 Å². The molecule has 0 aliphatic heterocycles. The van der Waals surface area contributed by atoms with Crippen LogP contribution < -0.4 is 5.32 Å². The van der Waals surface area contributed by atoms with Gasteiger partial charge in [0.15, 0.2) is 5.82 Å². The van der Waals surface area contributed by atoms with Crippen LogP contribution in [0.25, 0.3) is 0 Å². The van der Waals surface area contributed by atoms with Gasteiger partial charge in [-0.05, 0) is 24.3 Å². The fourth-order valence-electron chi connectivity index (χ4n) is 1.38. The molecule has 1 aromatic heterocycles. The number of rotatable bonds is 3. The smallest absolute Gasteiger partial charge is 0.335 e. The summed E-state index contributed by atoms with van der Waals surface area (Å²) in [6.07, 6.45) is 1.41. The molecule has 0 unspecified atom stereocenters. The van der Waals surface area contributed by atoms with E-state index in [0.29, 0.717) is 17.1 Å². The molecule has 0 amide bonds. The van der Waals surface area contributed by atoms with Gasteiger partial charge in [0.05, 0.1) is 17.3 Å². The van der Waals surface area contributed by atoms with Crippen LogP contribution in [0.3, 0.4) is 0 Å². The molecule has 0 aliphatic carbocycles. The molecular weight excluding hydrogens is 232 g/mol. The molecule has 0 aliphatic rings. The Hall–Kier alpha value is -2.94. The Morgan fingerprint density at radius 2 is 2.22 bits per heavy atom. The van der Waals surface area contributed by atoms with Crippen LogP contribution in [0, 0.1) is 11.3 Å². The summed E-state index contributed by atoms with van der Waals surface area (Å²) < 4.78 is 0. The number of carboxylic acid groups (broad SMARTS) is 1. The minimum atomic E-state index is -1.02. The molecule has 1 aromatic carbocycles. The van der Waals surface area contributed by atoms with Crippen molar-refractivity contribution in [1.82, 2.24) is 10.2 Å². The minimum Gasteiger partial charge on any atom is -0.478 e. The Labute approximate surface area is 103 Å². The Balaban J connectivity index is 2.32. The Morgan fingerprint density at radius 3 is 2.94 bits per heavy atom. The van der Waals surface area contributed by atoms with Crippen molar-refractivity contribution in [2.24, 2.45) is 0 Å². The predicted octanol–water partition coefficient (Wildman–Crippen LogP) is 1.79. The number of anilines is 2. The number of carbonyl (C=O) groups is 1. The lowest BCUT2D eigenvalue weighted by Crippen LogP contribution is -2.01. The van der Waals surface area contributed by atoms with Gasteiger partial charge < -0.3 is 10.4 Å². The van der Waals surface area contributed by atoms with Crippen molar-refractivity contribution in [3.8, 4) is 6.07 Å². The topological polar surface area (TPSA) is 98.9 Å². The van der Waals surface area contributed by atoms with Gasteiger partial charge in [0.2, 0.25) is 0 Å². The van der Waals surface area contributed by atoms with Gasteiger partial charge in [-0.15, -0.1) is 5.10 Å². The molecule has 18 heavy (non-hydrogen) atoms. The summed E-state index contributed by atoms with van der Waals surface area (Å²) in [4.78, 5) is 10.8. The van der Waals surface area contributed by atoms with Gasteiger partial charge in [-0.25, -0.2) is 4.79 Å². The molecule has 0 spiro atoms. The number of nitriles is 1. The van der Waals surface area contributed by atoms with Gasteiger partial charge in [-0.3, -0.25) is 0 Å². The third-order valence-corrected chi connectivity index (χ3v) is 2.21. The first kappa shape index (κ1) is 11.5. The second-order valence-corrected chi connectivity index (χ2v) is 3.42. The number of aromatic nitrogens is 2. The number of nitrogens with one attached hydrogen (secondary N) is 1. The molecule has 6 nitrogen and oxygen atoms in total.